The van der Waals surface area contributed by atoms with Gasteiger partial charge in [-0.3, -0.25) is 9.78 Å². The lowest BCUT2D eigenvalue weighted by atomic mass is 10.3. The lowest BCUT2D eigenvalue weighted by Gasteiger charge is -2.14. The highest BCUT2D eigenvalue weighted by atomic mass is 16.5. The molecule has 1 aliphatic rings. The molecule has 1 saturated heterocycles. The summed E-state index contributed by atoms with van der Waals surface area (Å²) >= 11 is 0. The maximum absolute atomic E-state index is 11.6. The summed E-state index contributed by atoms with van der Waals surface area (Å²) < 4.78 is 4.94. The Morgan fingerprint density at radius 3 is 2.53 bits per heavy atom. The van der Waals surface area contributed by atoms with Gasteiger partial charge >= 0.3 is 5.97 Å². The summed E-state index contributed by atoms with van der Waals surface area (Å²) in [6.07, 6.45) is 5.09. The van der Waals surface area contributed by atoms with E-state index >= 15 is 0 Å². The normalized spacial score (nSPS) is 14.7. The summed E-state index contributed by atoms with van der Waals surface area (Å²) in [5.74, 6) is -0.607. The Labute approximate surface area is 99.4 Å². The molecule has 0 aliphatic carbocycles. The largest absolute Gasteiger partial charge is 0.452 e. The Bertz CT molecular complexity index is 399. The second kappa shape index (κ2) is 5.43. The summed E-state index contributed by atoms with van der Waals surface area (Å²) in [5, 5.41) is 0. The fourth-order valence-electron chi connectivity index (χ4n) is 1.76. The highest BCUT2D eigenvalue weighted by Crippen LogP contribution is 2.08. The lowest BCUT2D eigenvalue weighted by Crippen LogP contribution is -2.32. The molecule has 1 aromatic rings. The highest BCUT2D eigenvalue weighted by molar-refractivity contribution is 5.91. The van der Waals surface area contributed by atoms with Crippen LogP contribution in [0.2, 0.25) is 0 Å². The van der Waals surface area contributed by atoms with E-state index in [0.29, 0.717) is 5.56 Å². The van der Waals surface area contributed by atoms with Crippen LogP contribution in [0.25, 0.3) is 0 Å². The van der Waals surface area contributed by atoms with E-state index in [4.69, 9.17) is 4.74 Å². The smallest absolute Gasteiger partial charge is 0.338 e. The highest BCUT2D eigenvalue weighted by Gasteiger charge is 2.19. The first kappa shape index (κ1) is 11.6. The van der Waals surface area contributed by atoms with Gasteiger partial charge in [0, 0.05) is 25.5 Å². The van der Waals surface area contributed by atoms with Crippen molar-refractivity contribution in [2.24, 2.45) is 0 Å². The average Bonchev–Trinajstić information content (AvgIpc) is 2.90. The molecule has 2 heterocycles. The van der Waals surface area contributed by atoms with Crippen molar-refractivity contribution in [2.75, 3.05) is 19.7 Å². The summed E-state index contributed by atoms with van der Waals surface area (Å²) in [7, 11) is 0. The van der Waals surface area contributed by atoms with Crippen LogP contribution in [-0.2, 0) is 9.53 Å². The number of amides is 1. The Kier molecular flexibility index (Phi) is 3.69. The van der Waals surface area contributed by atoms with E-state index in [9.17, 15) is 9.59 Å². The molecule has 0 unspecified atom stereocenters. The minimum atomic E-state index is -0.486. The van der Waals surface area contributed by atoms with Crippen LogP contribution in [0.3, 0.4) is 0 Å². The molecule has 2 rings (SSSR count). The van der Waals surface area contributed by atoms with Crippen molar-refractivity contribution >= 4 is 11.9 Å². The Balaban J connectivity index is 1.82. The number of carbonyl (C=O) groups is 2. The molecule has 1 amide bonds. The predicted octanol–water partition coefficient (Wildman–Crippen LogP) is 0.861. The van der Waals surface area contributed by atoms with Crippen LogP contribution in [0.1, 0.15) is 23.2 Å². The standard InChI is InChI=1S/C12H14N2O3/c15-11(14-7-1-2-8-14)9-17-12(16)10-3-5-13-6-4-10/h3-6H,1-2,7-9H2. The van der Waals surface area contributed by atoms with Crippen LogP contribution in [0.15, 0.2) is 24.5 Å². The van der Waals surface area contributed by atoms with Crippen molar-refractivity contribution < 1.29 is 14.3 Å². The topological polar surface area (TPSA) is 59.5 Å². The van der Waals surface area contributed by atoms with Gasteiger partial charge in [0.05, 0.1) is 5.56 Å². The Hall–Kier alpha value is -1.91. The molecule has 0 N–H and O–H groups in total. The van der Waals surface area contributed by atoms with Gasteiger partial charge in [-0.05, 0) is 25.0 Å². The van der Waals surface area contributed by atoms with Gasteiger partial charge in [0.25, 0.3) is 5.91 Å². The molecule has 0 spiro atoms. The van der Waals surface area contributed by atoms with Crippen molar-refractivity contribution in [3.63, 3.8) is 0 Å². The van der Waals surface area contributed by atoms with Crippen molar-refractivity contribution in [2.45, 2.75) is 12.8 Å². The van der Waals surface area contributed by atoms with E-state index in [1.165, 1.54) is 12.4 Å². The summed E-state index contributed by atoms with van der Waals surface area (Å²) in [4.78, 5) is 28.7. The SMILES string of the molecule is O=C(OCC(=O)N1CCCC1)c1ccncc1. The minimum Gasteiger partial charge on any atom is -0.452 e. The molecule has 0 saturated carbocycles. The van der Waals surface area contributed by atoms with Crippen LogP contribution in [-0.4, -0.2) is 41.5 Å². The summed E-state index contributed by atoms with van der Waals surface area (Å²) in [6.45, 7) is 1.36. The van der Waals surface area contributed by atoms with Gasteiger partial charge in [-0.25, -0.2) is 4.79 Å². The zero-order valence-corrected chi connectivity index (χ0v) is 9.46. The van der Waals surface area contributed by atoms with Gasteiger partial charge in [0.2, 0.25) is 0 Å². The number of hydrogen-bond donors (Lipinski definition) is 0. The summed E-state index contributed by atoms with van der Waals surface area (Å²) in [5.41, 5.74) is 0.411. The fraction of sp³-hybridized carbons (Fsp3) is 0.417. The van der Waals surface area contributed by atoms with Crippen LogP contribution >= 0.6 is 0 Å². The van der Waals surface area contributed by atoms with E-state index in [1.54, 1.807) is 17.0 Å². The predicted molar refractivity (Wildman–Crippen MR) is 60.3 cm³/mol. The van der Waals surface area contributed by atoms with Crippen LogP contribution in [0.4, 0.5) is 0 Å². The number of rotatable bonds is 3. The monoisotopic (exact) mass is 234 g/mol. The fourth-order valence-corrected chi connectivity index (χ4v) is 1.76. The molecule has 1 aromatic heterocycles. The number of pyridine rings is 1. The van der Waals surface area contributed by atoms with E-state index in [1.807, 2.05) is 0 Å². The second-order valence-corrected chi connectivity index (χ2v) is 3.90. The first-order valence-corrected chi connectivity index (χ1v) is 5.62. The van der Waals surface area contributed by atoms with E-state index in [2.05, 4.69) is 4.98 Å². The molecular formula is C12H14N2O3. The maximum atomic E-state index is 11.6. The van der Waals surface area contributed by atoms with Crippen molar-refractivity contribution in [1.29, 1.82) is 0 Å². The molecule has 0 bridgehead atoms. The number of aromatic nitrogens is 1. The van der Waals surface area contributed by atoms with E-state index in [-0.39, 0.29) is 12.5 Å². The van der Waals surface area contributed by atoms with Crippen molar-refractivity contribution in [3.05, 3.63) is 30.1 Å². The number of carbonyl (C=O) groups excluding carboxylic acids is 2. The van der Waals surface area contributed by atoms with Gasteiger partial charge in [-0.15, -0.1) is 0 Å². The molecule has 90 valence electrons. The molecule has 1 fully saturated rings. The first-order valence-electron chi connectivity index (χ1n) is 5.62. The van der Waals surface area contributed by atoms with Gasteiger partial charge in [0.1, 0.15) is 0 Å². The third-order valence-electron chi connectivity index (χ3n) is 2.70. The quantitative estimate of drug-likeness (QED) is 0.728. The Morgan fingerprint density at radius 1 is 1.24 bits per heavy atom. The van der Waals surface area contributed by atoms with E-state index < -0.39 is 5.97 Å². The molecule has 5 heteroatoms. The maximum Gasteiger partial charge on any atom is 0.338 e. The van der Waals surface area contributed by atoms with Crippen LogP contribution < -0.4 is 0 Å². The molecule has 5 nitrogen and oxygen atoms in total. The third kappa shape index (κ3) is 3.03. The molecule has 0 atom stereocenters. The molecule has 17 heavy (non-hydrogen) atoms. The average molecular weight is 234 g/mol. The minimum absolute atomic E-state index is 0.120. The number of nitrogens with zero attached hydrogens (tertiary/aromatic N) is 2. The zero-order valence-electron chi connectivity index (χ0n) is 9.46. The van der Waals surface area contributed by atoms with E-state index in [0.717, 1.165) is 25.9 Å². The number of likely N-dealkylation sites (tertiary alicyclic amines) is 1. The van der Waals surface area contributed by atoms with Crippen LogP contribution in [0, 0.1) is 0 Å². The number of hydrogen-bond acceptors (Lipinski definition) is 4. The lowest BCUT2D eigenvalue weighted by molar-refractivity contribution is -0.133. The van der Waals surface area contributed by atoms with Gasteiger partial charge in [-0.2, -0.15) is 0 Å². The molecule has 1 aliphatic heterocycles. The third-order valence-corrected chi connectivity index (χ3v) is 2.70. The number of esters is 1. The Morgan fingerprint density at radius 2 is 1.88 bits per heavy atom. The molecule has 0 aromatic carbocycles. The van der Waals surface area contributed by atoms with Gasteiger partial charge in [-0.1, -0.05) is 0 Å². The summed E-state index contributed by atoms with van der Waals surface area (Å²) in [6, 6.07) is 3.12. The van der Waals surface area contributed by atoms with Crippen molar-refractivity contribution in [3.8, 4) is 0 Å². The van der Waals surface area contributed by atoms with Gasteiger partial charge in [0.15, 0.2) is 6.61 Å². The first-order chi connectivity index (χ1) is 8.27. The van der Waals surface area contributed by atoms with Crippen molar-refractivity contribution in [1.82, 2.24) is 9.88 Å². The zero-order chi connectivity index (χ0) is 12.1. The molecule has 0 radical (unpaired) electrons. The molecular weight excluding hydrogens is 220 g/mol. The second-order valence-electron chi connectivity index (χ2n) is 3.90. The van der Waals surface area contributed by atoms with Crippen LogP contribution in [0.5, 0.6) is 0 Å². The number of ether oxygens (including phenoxy) is 1. The van der Waals surface area contributed by atoms with Gasteiger partial charge < -0.3 is 9.64 Å².